The fraction of sp³-hybridized carbons (Fsp3) is 0.286. The second-order valence-electron chi connectivity index (χ2n) is 6.22. The third-order valence-electron chi connectivity index (χ3n) is 4.16. The van der Waals surface area contributed by atoms with Crippen molar-refractivity contribution in [2.24, 2.45) is 5.10 Å². The number of benzene rings is 2. The van der Waals surface area contributed by atoms with Crippen molar-refractivity contribution in [3.8, 4) is 11.5 Å². The minimum Gasteiger partial charge on any atom is -0.493 e. The molecule has 7 nitrogen and oxygen atoms in total. The number of amides is 2. The van der Waals surface area contributed by atoms with Crippen molar-refractivity contribution in [2.45, 2.75) is 26.2 Å². The highest BCUT2D eigenvalue weighted by molar-refractivity contribution is 6.31. The Hall–Kier alpha value is -3.06. The molecule has 0 unspecified atom stereocenters. The molecule has 2 N–H and O–H groups in total. The van der Waals surface area contributed by atoms with Crippen LogP contribution in [0, 0.1) is 6.92 Å². The Bertz CT molecular complexity index is 899. The lowest BCUT2D eigenvalue weighted by Crippen LogP contribution is -2.18. The molecule has 0 saturated heterocycles. The van der Waals surface area contributed by atoms with E-state index in [1.54, 1.807) is 50.6 Å². The number of hydrazone groups is 1. The van der Waals surface area contributed by atoms with Gasteiger partial charge in [0.05, 0.1) is 20.4 Å². The van der Waals surface area contributed by atoms with Crippen molar-refractivity contribution < 1.29 is 19.1 Å². The molecule has 0 spiro atoms. The lowest BCUT2D eigenvalue weighted by molar-refractivity contribution is -0.121. The fourth-order valence-electron chi connectivity index (χ4n) is 2.53. The summed E-state index contributed by atoms with van der Waals surface area (Å²) in [6.07, 6.45) is 2.32. The summed E-state index contributed by atoms with van der Waals surface area (Å²) in [5.74, 6) is 0.745. The molecule has 29 heavy (non-hydrogen) atoms. The number of ether oxygens (including phenoxy) is 2. The van der Waals surface area contributed by atoms with Gasteiger partial charge in [0, 0.05) is 23.6 Å². The molecule has 0 fully saturated rings. The van der Waals surface area contributed by atoms with Gasteiger partial charge in [0.2, 0.25) is 11.8 Å². The highest BCUT2D eigenvalue weighted by Crippen LogP contribution is 2.27. The second kappa shape index (κ2) is 11.1. The van der Waals surface area contributed by atoms with E-state index in [2.05, 4.69) is 15.8 Å². The molecule has 0 aliphatic carbocycles. The van der Waals surface area contributed by atoms with E-state index in [-0.39, 0.29) is 24.7 Å². The number of hydrogen-bond acceptors (Lipinski definition) is 5. The maximum atomic E-state index is 12.0. The van der Waals surface area contributed by atoms with Crippen molar-refractivity contribution in [1.29, 1.82) is 0 Å². The molecule has 0 aliphatic heterocycles. The first-order valence-corrected chi connectivity index (χ1v) is 9.41. The monoisotopic (exact) mass is 417 g/mol. The van der Waals surface area contributed by atoms with Gasteiger partial charge in [-0.15, -0.1) is 0 Å². The zero-order valence-corrected chi connectivity index (χ0v) is 17.4. The van der Waals surface area contributed by atoms with E-state index in [0.29, 0.717) is 28.6 Å². The standard InChI is InChI=1S/C21H24ClN3O4/c1-14-16(22)6-4-7-17(14)24-20(26)8-5-9-21(27)25-23-13-15-10-11-18(28-2)19(12-15)29-3/h4,6-7,10-13H,5,8-9H2,1-3H3,(H,24,26)(H,25,27)/b23-13-. The van der Waals surface area contributed by atoms with Crippen molar-refractivity contribution in [3.63, 3.8) is 0 Å². The van der Waals surface area contributed by atoms with Crippen molar-refractivity contribution in [1.82, 2.24) is 5.43 Å². The first kappa shape index (κ1) is 22.2. The third kappa shape index (κ3) is 6.80. The zero-order valence-electron chi connectivity index (χ0n) is 16.6. The molecule has 0 aromatic heterocycles. The first-order chi connectivity index (χ1) is 13.9. The van der Waals surface area contributed by atoms with Crippen LogP contribution >= 0.6 is 11.6 Å². The van der Waals surface area contributed by atoms with Crippen molar-refractivity contribution >= 4 is 35.3 Å². The molecule has 2 aromatic rings. The van der Waals surface area contributed by atoms with Gasteiger partial charge in [0.25, 0.3) is 0 Å². The van der Waals surface area contributed by atoms with Crippen molar-refractivity contribution in [2.75, 3.05) is 19.5 Å². The minimum atomic E-state index is -0.270. The Kier molecular flexibility index (Phi) is 8.48. The van der Waals surface area contributed by atoms with Crippen LogP contribution in [0.4, 0.5) is 5.69 Å². The molecule has 0 saturated carbocycles. The summed E-state index contributed by atoms with van der Waals surface area (Å²) < 4.78 is 10.4. The van der Waals surface area contributed by atoms with Crippen LogP contribution in [0.15, 0.2) is 41.5 Å². The van der Waals surface area contributed by atoms with Gasteiger partial charge in [-0.1, -0.05) is 17.7 Å². The summed E-state index contributed by atoms with van der Waals surface area (Å²) in [5, 5.41) is 7.32. The van der Waals surface area contributed by atoms with E-state index in [1.165, 1.54) is 6.21 Å². The summed E-state index contributed by atoms with van der Waals surface area (Å²) in [6.45, 7) is 1.84. The average Bonchev–Trinajstić information content (AvgIpc) is 2.71. The van der Waals surface area contributed by atoms with Crippen molar-refractivity contribution in [3.05, 3.63) is 52.5 Å². The molecule has 2 amide bonds. The van der Waals surface area contributed by atoms with Crippen LogP contribution in [-0.4, -0.2) is 32.2 Å². The lowest BCUT2D eigenvalue weighted by atomic mass is 10.2. The van der Waals surface area contributed by atoms with Gasteiger partial charge in [-0.25, -0.2) is 5.43 Å². The van der Waals surface area contributed by atoms with E-state index in [1.807, 2.05) is 6.92 Å². The molecule has 0 heterocycles. The van der Waals surface area contributed by atoms with Crippen LogP contribution in [0.5, 0.6) is 11.5 Å². The quantitative estimate of drug-likeness (QED) is 0.478. The molecule has 8 heteroatoms. The van der Waals surface area contributed by atoms with Gasteiger partial charge in [-0.3, -0.25) is 9.59 Å². The number of halogens is 1. The Balaban J connectivity index is 1.75. The summed E-state index contributed by atoms with van der Waals surface area (Å²) in [4.78, 5) is 23.9. The van der Waals surface area contributed by atoms with Gasteiger partial charge in [-0.05, 0) is 54.8 Å². The minimum absolute atomic E-state index is 0.169. The number of rotatable bonds is 9. The highest BCUT2D eigenvalue weighted by atomic mass is 35.5. The molecule has 2 rings (SSSR count). The molecule has 154 valence electrons. The van der Waals surface area contributed by atoms with Crippen LogP contribution in [0.25, 0.3) is 0 Å². The average molecular weight is 418 g/mol. The van der Waals surface area contributed by atoms with Crippen LogP contribution in [0.1, 0.15) is 30.4 Å². The number of methoxy groups -OCH3 is 2. The molecular formula is C21H24ClN3O4. The maximum Gasteiger partial charge on any atom is 0.240 e. The van der Waals surface area contributed by atoms with Crippen LogP contribution < -0.4 is 20.2 Å². The van der Waals surface area contributed by atoms with Gasteiger partial charge in [-0.2, -0.15) is 5.10 Å². The Morgan fingerprint density at radius 1 is 1.07 bits per heavy atom. The van der Waals surface area contributed by atoms with E-state index in [9.17, 15) is 9.59 Å². The van der Waals surface area contributed by atoms with E-state index in [0.717, 1.165) is 11.1 Å². The number of carbonyl (C=O) groups is 2. The summed E-state index contributed by atoms with van der Waals surface area (Å²) in [5.41, 5.74) is 4.68. The van der Waals surface area contributed by atoms with Gasteiger partial charge >= 0.3 is 0 Å². The predicted molar refractivity (Wildman–Crippen MR) is 114 cm³/mol. The number of hydrogen-bond donors (Lipinski definition) is 2. The van der Waals surface area contributed by atoms with E-state index >= 15 is 0 Å². The number of carbonyl (C=O) groups excluding carboxylic acids is 2. The van der Waals surface area contributed by atoms with E-state index in [4.69, 9.17) is 21.1 Å². The summed E-state index contributed by atoms with van der Waals surface area (Å²) in [6, 6.07) is 10.6. The van der Waals surface area contributed by atoms with Gasteiger partial charge in [0.1, 0.15) is 0 Å². The summed E-state index contributed by atoms with van der Waals surface area (Å²) >= 11 is 6.04. The number of anilines is 1. The molecule has 0 radical (unpaired) electrons. The SMILES string of the molecule is COc1ccc(/C=N\NC(=O)CCCC(=O)Nc2cccc(Cl)c2C)cc1OC. The second-order valence-corrected chi connectivity index (χ2v) is 6.63. The third-order valence-corrected chi connectivity index (χ3v) is 4.57. The normalized spacial score (nSPS) is 10.6. The molecule has 2 aromatic carbocycles. The summed E-state index contributed by atoms with van der Waals surface area (Å²) in [7, 11) is 3.10. The zero-order chi connectivity index (χ0) is 21.2. The fourth-order valence-corrected chi connectivity index (χ4v) is 2.71. The number of nitrogens with zero attached hydrogens (tertiary/aromatic N) is 1. The highest BCUT2D eigenvalue weighted by Gasteiger charge is 2.08. The van der Waals surface area contributed by atoms with Gasteiger partial charge < -0.3 is 14.8 Å². The van der Waals surface area contributed by atoms with Gasteiger partial charge in [0.15, 0.2) is 11.5 Å². The lowest BCUT2D eigenvalue weighted by Gasteiger charge is -2.09. The molecule has 0 aliphatic rings. The Labute approximate surface area is 175 Å². The molecule has 0 bridgehead atoms. The smallest absolute Gasteiger partial charge is 0.240 e. The first-order valence-electron chi connectivity index (χ1n) is 9.03. The Morgan fingerprint density at radius 2 is 1.79 bits per heavy atom. The maximum absolute atomic E-state index is 12.0. The van der Waals surface area contributed by atoms with Crippen LogP contribution in [-0.2, 0) is 9.59 Å². The predicted octanol–water partition coefficient (Wildman–Crippen LogP) is 3.92. The topological polar surface area (TPSA) is 89.0 Å². The van der Waals surface area contributed by atoms with E-state index < -0.39 is 0 Å². The van der Waals surface area contributed by atoms with Crippen LogP contribution in [0.2, 0.25) is 5.02 Å². The number of nitrogens with one attached hydrogen (secondary N) is 2. The molecule has 0 atom stereocenters. The molecular weight excluding hydrogens is 394 g/mol. The Morgan fingerprint density at radius 3 is 2.52 bits per heavy atom. The largest absolute Gasteiger partial charge is 0.493 e. The van der Waals surface area contributed by atoms with Crippen LogP contribution in [0.3, 0.4) is 0 Å².